The van der Waals surface area contributed by atoms with Crippen LogP contribution >= 0.6 is 11.6 Å². The van der Waals surface area contributed by atoms with E-state index in [1.54, 1.807) is 12.1 Å². The molecule has 23 heavy (non-hydrogen) atoms. The lowest BCUT2D eigenvalue weighted by Crippen LogP contribution is -2.46. The number of nitrogens with zero attached hydrogens (tertiary/aromatic N) is 1. The highest BCUT2D eigenvalue weighted by molar-refractivity contribution is 6.32. The first-order valence-electron chi connectivity index (χ1n) is 7.63. The zero-order valence-corrected chi connectivity index (χ0v) is 13.3. The van der Waals surface area contributed by atoms with E-state index in [0.29, 0.717) is 19.3 Å². The van der Waals surface area contributed by atoms with Crippen LogP contribution in [0.4, 0.5) is 8.78 Å². The van der Waals surface area contributed by atoms with Crippen LogP contribution in [0.25, 0.3) is 0 Å². The van der Waals surface area contributed by atoms with Gasteiger partial charge in [0, 0.05) is 24.3 Å². The molecule has 1 saturated heterocycles. The number of ether oxygens (including phenoxy) is 2. The van der Waals surface area contributed by atoms with Gasteiger partial charge in [-0.15, -0.1) is 8.78 Å². The maximum Gasteiger partial charge on any atom is 0.586 e. The molecule has 0 amide bonds. The summed E-state index contributed by atoms with van der Waals surface area (Å²) in [5.74, 6) is 0.0985. The number of hydrogen-bond acceptors (Lipinski definition) is 4. The van der Waals surface area contributed by atoms with Crippen LogP contribution in [0.2, 0.25) is 5.02 Å². The van der Waals surface area contributed by atoms with Crippen molar-refractivity contribution in [1.82, 2.24) is 4.90 Å². The van der Waals surface area contributed by atoms with Gasteiger partial charge >= 0.3 is 6.29 Å². The lowest BCUT2D eigenvalue weighted by molar-refractivity contribution is -0.286. The Hall–Kier alpha value is -1.40. The van der Waals surface area contributed by atoms with E-state index in [-0.39, 0.29) is 33.8 Å². The van der Waals surface area contributed by atoms with Crippen molar-refractivity contribution >= 4 is 17.4 Å². The van der Waals surface area contributed by atoms with Crippen molar-refractivity contribution in [2.24, 2.45) is 0 Å². The van der Waals surface area contributed by atoms with Crippen molar-refractivity contribution in [2.45, 2.75) is 43.4 Å². The van der Waals surface area contributed by atoms with Crippen LogP contribution in [0.5, 0.6) is 11.5 Å². The Morgan fingerprint density at radius 1 is 1.30 bits per heavy atom. The van der Waals surface area contributed by atoms with Crippen LogP contribution in [-0.4, -0.2) is 36.6 Å². The summed E-state index contributed by atoms with van der Waals surface area (Å²) in [7, 11) is 1.99. The molecule has 1 unspecified atom stereocenters. The molecule has 124 valence electrons. The van der Waals surface area contributed by atoms with Gasteiger partial charge in [-0.3, -0.25) is 4.79 Å². The summed E-state index contributed by atoms with van der Waals surface area (Å²) >= 11 is 6.15. The number of likely N-dealkylation sites (tertiary alicyclic amines) is 1. The first-order chi connectivity index (χ1) is 10.8. The summed E-state index contributed by atoms with van der Waals surface area (Å²) in [4.78, 5) is 14.0. The Morgan fingerprint density at radius 2 is 2.09 bits per heavy atom. The van der Waals surface area contributed by atoms with Crippen LogP contribution in [0.15, 0.2) is 12.1 Å². The maximum absolute atomic E-state index is 13.3. The molecule has 1 aromatic rings. The fraction of sp³-hybridized carbons (Fsp3) is 0.562. The smallest absolute Gasteiger partial charge is 0.395 e. The van der Waals surface area contributed by atoms with Crippen LogP contribution in [0.3, 0.4) is 0 Å². The summed E-state index contributed by atoms with van der Waals surface area (Å²) in [6.45, 7) is 0.861. The predicted octanol–water partition coefficient (Wildman–Crippen LogP) is 3.36. The molecule has 0 radical (unpaired) electrons. The molecule has 0 N–H and O–H groups in total. The van der Waals surface area contributed by atoms with E-state index in [1.165, 1.54) is 0 Å². The molecule has 4 rings (SSSR count). The topological polar surface area (TPSA) is 38.8 Å². The van der Waals surface area contributed by atoms with E-state index in [4.69, 9.17) is 11.6 Å². The highest BCUT2D eigenvalue weighted by atomic mass is 35.5. The summed E-state index contributed by atoms with van der Waals surface area (Å²) in [5.41, 5.74) is 0.604. The minimum Gasteiger partial charge on any atom is -0.395 e. The van der Waals surface area contributed by atoms with E-state index in [1.807, 2.05) is 7.05 Å². The Balaban J connectivity index is 1.79. The fourth-order valence-corrected chi connectivity index (χ4v) is 4.47. The van der Waals surface area contributed by atoms with Crippen molar-refractivity contribution in [1.29, 1.82) is 0 Å². The van der Waals surface area contributed by atoms with Gasteiger partial charge < -0.3 is 14.4 Å². The summed E-state index contributed by atoms with van der Waals surface area (Å²) in [6, 6.07) is 3.36. The number of likely N-dealkylation sites (N-methyl/N-ethyl adjacent to an activating group) is 1. The molecule has 1 aliphatic carbocycles. The Kier molecular flexibility index (Phi) is 3.16. The van der Waals surface area contributed by atoms with Gasteiger partial charge in [-0.2, -0.15) is 0 Å². The van der Waals surface area contributed by atoms with Gasteiger partial charge in [-0.05, 0) is 44.1 Å². The van der Waals surface area contributed by atoms with Gasteiger partial charge in [0.25, 0.3) is 0 Å². The third kappa shape index (κ3) is 2.22. The molecule has 1 aromatic carbocycles. The Bertz CT molecular complexity index is 696. The third-order valence-electron chi connectivity index (χ3n) is 5.39. The number of benzene rings is 1. The standard InChI is InChI=1S/C16H16ClF2NO3/c1-20-5-4-15(3-2-10(21)8-13(15)20)9-6-11(17)14-12(7-9)22-16(18,19)23-14/h6-7,13H,2-5,8H2,1H3/t13?,15-/m0/s1. The average molecular weight is 344 g/mol. The van der Waals surface area contributed by atoms with Crippen LogP contribution < -0.4 is 9.47 Å². The number of rotatable bonds is 1. The van der Waals surface area contributed by atoms with Gasteiger partial charge in [0.05, 0.1) is 5.02 Å². The number of Topliss-reactive ketones (excluding diaryl/α,β-unsaturated/α-hetero) is 1. The third-order valence-corrected chi connectivity index (χ3v) is 5.67. The molecule has 2 aliphatic heterocycles. The van der Waals surface area contributed by atoms with Gasteiger partial charge in [0.2, 0.25) is 0 Å². The zero-order valence-electron chi connectivity index (χ0n) is 12.6. The van der Waals surface area contributed by atoms with E-state index >= 15 is 0 Å². The molecule has 0 spiro atoms. The van der Waals surface area contributed by atoms with Gasteiger partial charge in [-0.25, -0.2) is 0 Å². The normalized spacial score (nSPS) is 32.2. The fourth-order valence-electron chi connectivity index (χ4n) is 4.22. The first-order valence-corrected chi connectivity index (χ1v) is 8.00. The van der Waals surface area contributed by atoms with Crippen LogP contribution in [-0.2, 0) is 10.2 Å². The highest BCUT2D eigenvalue weighted by Gasteiger charge is 2.52. The van der Waals surface area contributed by atoms with Crippen molar-refractivity contribution in [3.63, 3.8) is 0 Å². The number of halogens is 3. The average Bonchev–Trinajstić information content (AvgIpc) is 2.97. The minimum atomic E-state index is -3.68. The van der Waals surface area contributed by atoms with E-state index < -0.39 is 6.29 Å². The SMILES string of the molecule is CN1CC[C@]2(c3cc(Cl)c4c(c3)OC(F)(F)O4)CCC(=O)CC12. The first kappa shape index (κ1) is 15.1. The number of ketones is 1. The second kappa shape index (κ2) is 4.80. The number of carbonyl (C=O) groups excluding carboxylic acids is 1. The number of alkyl halides is 2. The molecule has 0 aromatic heterocycles. The second-order valence-electron chi connectivity index (χ2n) is 6.60. The largest absolute Gasteiger partial charge is 0.586 e. The van der Waals surface area contributed by atoms with Crippen molar-refractivity contribution < 1.29 is 23.0 Å². The molecule has 2 heterocycles. The lowest BCUT2D eigenvalue weighted by atomic mass is 9.66. The molecule has 4 nitrogen and oxygen atoms in total. The summed E-state index contributed by atoms with van der Waals surface area (Å²) in [6.07, 6.45) is -1.12. The maximum atomic E-state index is 13.3. The van der Waals surface area contributed by atoms with Gasteiger partial charge in [0.1, 0.15) is 5.78 Å². The van der Waals surface area contributed by atoms with Crippen LogP contribution in [0, 0.1) is 0 Å². The molecule has 2 atom stereocenters. The van der Waals surface area contributed by atoms with Crippen LogP contribution in [0.1, 0.15) is 31.2 Å². The van der Waals surface area contributed by atoms with Gasteiger partial charge in [-0.1, -0.05) is 11.6 Å². The van der Waals surface area contributed by atoms with E-state index in [0.717, 1.165) is 18.5 Å². The van der Waals surface area contributed by atoms with Gasteiger partial charge in [0.15, 0.2) is 11.5 Å². The summed E-state index contributed by atoms with van der Waals surface area (Å²) in [5, 5.41) is 0.120. The number of fused-ring (bicyclic) bond motifs is 2. The Labute approximate surface area is 137 Å². The predicted molar refractivity (Wildman–Crippen MR) is 79.2 cm³/mol. The van der Waals surface area contributed by atoms with E-state index in [2.05, 4.69) is 14.4 Å². The molecular formula is C16H16ClF2NO3. The molecule has 1 saturated carbocycles. The second-order valence-corrected chi connectivity index (χ2v) is 7.01. The molecule has 0 bridgehead atoms. The number of hydrogen-bond donors (Lipinski definition) is 0. The number of carbonyl (C=O) groups is 1. The molecule has 7 heteroatoms. The molecule has 2 fully saturated rings. The highest BCUT2D eigenvalue weighted by Crippen LogP contribution is 2.53. The molecular weight excluding hydrogens is 328 g/mol. The Morgan fingerprint density at radius 3 is 2.87 bits per heavy atom. The quantitative estimate of drug-likeness (QED) is 0.784. The summed E-state index contributed by atoms with van der Waals surface area (Å²) < 4.78 is 35.7. The zero-order chi connectivity index (χ0) is 16.4. The van der Waals surface area contributed by atoms with Crippen molar-refractivity contribution in [2.75, 3.05) is 13.6 Å². The van der Waals surface area contributed by atoms with E-state index in [9.17, 15) is 13.6 Å². The van der Waals surface area contributed by atoms with Crippen molar-refractivity contribution in [3.8, 4) is 11.5 Å². The lowest BCUT2D eigenvalue weighted by Gasteiger charge is -2.41. The minimum absolute atomic E-state index is 0.0305. The van der Waals surface area contributed by atoms with Crippen molar-refractivity contribution in [3.05, 3.63) is 22.7 Å². The monoisotopic (exact) mass is 343 g/mol. The molecule has 3 aliphatic rings.